The van der Waals surface area contributed by atoms with Crippen LogP contribution in [-0.4, -0.2) is 30.1 Å². The Hall–Kier alpha value is -3.59. The molecule has 1 aliphatic rings. The van der Waals surface area contributed by atoms with Crippen LogP contribution in [0, 0.1) is 17.2 Å². The van der Waals surface area contributed by atoms with Crippen molar-refractivity contribution >= 4 is 11.5 Å². The maximum absolute atomic E-state index is 10.1. The molecule has 1 aliphatic heterocycles. The second kappa shape index (κ2) is 6.96. The number of fused-ring (bicyclic) bond motifs is 1. The average Bonchev–Trinajstić information content (AvgIpc) is 3.20. The van der Waals surface area contributed by atoms with Crippen LogP contribution in [0.25, 0.3) is 0 Å². The van der Waals surface area contributed by atoms with Gasteiger partial charge in [0.15, 0.2) is 5.82 Å². The number of hydrogen-bond donors (Lipinski definition) is 1. The predicted molar refractivity (Wildman–Crippen MR) is 102 cm³/mol. The molecule has 134 valence electrons. The van der Waals surface area contributed by atoms with Crippen molar-refractivity contribution in [3.05, 3.63) is 71.4 Å². The zero-order valence-electron chi connectivity index (χ0n) is 15.0. The van der Waals surface area contributed by atoms with Crippen molar-refractivity contribution in [1.82, 2.24) is 10.2 Å². The highest BCUT2D eigenvalue weighted by Crippen LogP contribution is 2.45. The van der Waals surface area contributed by atoms with E-state index in [0.29, 0.717) is 11.5 Å². The van der Waals surface area contributed by atoms with Crippen molar-refractivity contribution in [3.8, 4) is 17.6 Å². The molecular weight excluding hydrogens is 340 g/mol. The minimum absolute atomic E-state index is 0.227. The highest BCUT2D eigenvalue weighted by atomic mass is 16.5. The van der Waals surface area contributed by atoms with Crippen LogP contribution >= 0.6 is 0 Å². The van der Waals surface area contributed by atoms with Crippen LogP contribution in [0.5, 0.6) is 11.5 Å². The van der Waals surface area contributed by atoms with Gasteiger partial charge in [-0.2, -0.15) is 10.4 Å². The first-order chi connectivity index (χ1) is 13.3. The lowest BCUT2D eigenvalue weighted by Crippen LogP contribution is -2.26. The van der Waals surface area contributed by atoms with Crippen LogP contribution in [0.1, 0.15) is 22.6 Å². The molecule has 0 fully saturated rings. The van der Waals surface area contributed by atoms with Gasteiger partial charge in [-0.05, 0) is 35.9 Å². The van der Waals surface area contributed by atoms with Gasteiger partial charge in [0.25, 0.3) is 0 Å². The molecule has 6 heteroatoms. The number of nitrogens with one attached hydrogen (secondary N) is 1. The molecule has 2 atom stereocenters. The van der Waals surface area contributed by atoms with E-state index in [9.17, 15) is 5.26 Å². The van der Waals surface area contributed by atoms with Gasteiger partial charge < -0.3 is 9.47 Å². The van der Waals surface area contributed by atoms with E-state index in [-0.39, 0.29) is 5.92 Å². The van der Waals surface area contributed by atoms with Gasteiger partial charge in [-0.3, -0.25) is 5.10 Å². The lowest BCUT2D eigenvalue weighted by atomic mass is 9.76. The summed E-state index contributed by atoms with van der Waals surface area (Å²) in [6.07, 6.45) is 1.74. The minimum atomic E-state index is -0.472. The second-order valence-corrected chi connectivity index (χ2v) is 6.23. The fourth-order valence-electron chi connectivity index (χ4n) is 3.55. The fraction of sp³-hybridized carbons (Fsp3) is 0.190. The Balaban J connectivity index is 1.88. The number of aromatic nitrogens is 2. The zero-order valence-corrected chi connectivity index (χ0v) is 15.0. The highest BCUT2D eigenvalue weighted by Gasteiger charge is 2.37. The van der Waals surface area contributed by atoms with Gasteiger partial charge in [-0.15, -0.1) is 0 Å². The summed E-state index contributed by atoms with van der Waals surface area (Å²) >= 11 is 0. The number of aromatic amines is 1. The number of aliphatic imine (C=N–C) groups is 1. The Morgan fingerprint density at radius 2 is 1.78 bits per heavy atom. The number of benzene rings is 2. The summed E-state index contributed by atoms with van der Waals surface area (Å²) in [5.74, 6) is 1.47. The fourth-order valence-corrected chi connectivity index (χ4v) is 3.55. The zero-order chi connectivity index (χ0) is 18.8. The van der Waals surface area contributed by atoms with E-state index < -0.39 is 5.92 Å². The molecule has 0 aliphatic carbocycles. The number of para-hydroxylation sites is 1. The summed E-state index contributed by atoms with van der Waals surface area (Å²) in [5, 5.41) is 17.2. The molecule has 2 heterocycles. The van der Waals surface area contributed by atoms with Gasteiger partial charge in [0, 0.05) is 17.0 Å². The van der Waals surface area contributed by atoms with E-state index in [2.05, 4.69) is 16.3 Å². The summed E-state index contributed by atoms with van der Waals surface area (Å²) in [5.41, 5.74) is 3.41. The number of hydrogen-bond acceptors (Lipinski definition) is 5. The van der Waals surface area contributed by atoms with Gasteiger partial charge in [-0.25, -0.2) is 4.99 Å². The first-order valence-electron chi connectivity index (χ1n) is 8.55. The summed E-state index contributed by atoms with van der Waals surface area (Å²) in [6.45, 7) is 0. The standard InChI is InChI=1S/C21H18N4O2/c1-26-14-9-7-13(8-10-14)20-16(11-22)19(17-12-23-25-21(17)24-20)15-5-3-4-6-18(15)27-2/h3-10,12,16,19H,1-2H3,(H,23,25). The lowest BCUT2D eigenvalue weighted by Gasteiger charge is -2.28. The van der Waals surface area contributed by atoms with Crippen molar-refractivity contribution in [2.45, 2.75) is 5.92 Å². The third-order valence-electron chi connectivity index (χ3n) is 4.84. The van der Waals surface area contributed by atoms with Gasteiger partial charge in [-0.1, -0.05) is 18.2 Å². The number of methoxy groups -OCH3 is 2. The molecule has 6 nitrogen and oxygen atoms in total. The molecule has 0 amide bonds. The molecule has 0 saturated carbocycles. The first-order valence-corrected chi connectivity index (χ1v) is 8.55. The van der Waals surface area contributed by atoms with Gasteiger partial charge in [0.1, 0.15) is 17.4 Å². The Morgan fingerprint density at radius 1 is 1.00 bits per heavy atom. The quantitative estimate of drug-likeness (QED) is 0.768. The van der Waals surface area contributed by atoms with E-state index in [1.807, 2.05) is 48.5 Å². The second-order valence-electron chi connectivity index (χ2n) is 6.23. The van der Waals surface area contributed by atoms with Crippen LogP contribution in [0.15, 0.2) is 59.7 Å². The van der Waals surface area contributed by atoms with Gasteiger partial charge in [0.05, 0.1) is 32.2 Å². The third kappa shape index (κ3) is 2.83. The molecule has 0 bridgehead atoms. The summed E-state index contributed by atoms with van der Waals surface area (Å²) < 4.78 is 10.8. The molecule has 1 N–H and O–H groups in total. The number of nitrogens with zero attached hydrogens (tertiary/aromatic N) is 3. The smallest absolute Gasteiger partial charge is 0.152 e. The number of nitriles is 1. The largest absolute Gasteiger partial charge is 0.497 e. The van der Waals surface area contributed by atoms with E-state index in [1.54, 1.807) is 20.4 Å². The normalized spacial score (nSPS) is 18.2. The molecule has 27 heavy (non-hydrogen) atoms. The van der Waals surface area contributed by atoms with Crippen LogP contribution in [0.4, 0.5) is 5.82 Å². The minimum Gasteiger partial charge on any atom is -0.497 e. The molecule has 0 saturated heterocycles. The topological polar surface area (TPSA) is 83.3 Å². The number of H-pyrrole nitrogens is 1. The molecule has 4 rings (SSSR count). The van der Waals surface area contributed by atoms with Crippen molar-refractivity contribution in [2.24, 2.45) is 10.9 Å². The van der Waals surface area contributed by atoms with E-state index >= 15 is 0 Å². The Kier molecular flexibility index (Phi) is 4.35. The van der Waals surface area contributed by atoms with Crippen molar-refractivity contribution in [1.29, 1.82) is 5.26 Å². The lowest BCUT2D eigenvalue weighted by molar-refractivity contribution is 0.406. The summed E-state index contributed by atoms with van der Waals surface area (Å²) in [4.78, 5) is 4.71. The van der Waals surface area contributed by atoms with Crippen molar-refractivity contribution in [3.63, 3.8) is 0 Å². The van der Waals surface area contributed by atoms with Gasteiger partial charge >= 0.3 is 0 Å². The maximum Gasteiger partial charge on any atom is 0.152 e. The van der Waals surface area contributed by atoms with Crippen molar-refractivity contribution < 1.29 is 9.47 Å². The highest BCUT2D eigenvalue weighted by molar-refractivity contribution is 6.07. The van der Waals surface area contributed by atoms with Crippen LogP contribution < -0.4 is 9.47 Å². The monoisotopic (exact) mass is 358 g/mol. The molecule has 3 aromatic rings. The molecule has 2 aromatic carbocycles. The SMILES string of the molecule is COc1ccc(C2=Nc3[nH]ncc3C(c3ccccc3OC)C2C#N)cc1. The third-order valence-corrected chi connectivity index (χ3v) is 4.84. The maximum atomic E-state index is 10.1. The van der Waals surface area contributed by atoms with Crippen LogP contribution in [0.2, 0.25) is 0 Å². The predicted octanol–water partition coefficient (Wildman–Crippen LogP) is 3.83. The molecule has 0 radical (unpaired) electrons. The Labute approximate surface area is 157 Å². The van der Waals surface area contributed by atoms with Crippen LogP contribution in [0.3, 0.4) is 0 Å². The van der Waals surface area contributed by atoms with E-state index in [4.69, 9.17) is 14.5 Å². The van der Waals surface area contributed by atoms with E-state index in [1.165, 1.54) is 0 Å². The summed E-state index contributed by atoms with van der Waals surface area (Å²) in [6, 6.07) is 17.8. The number of rotatable bonds is 4. The molecule has 2 unspecified atom stereocenters. The van der Waals surface area contributed by atoms with Crippen molar-refractivity contribution in [2.75, 3.05) is 14.2 Å². The average molecular weight is 358 g/mol. The molecule has 0 spiro atoms. The Bertz CT molecular complexity index is 1030. The first kappa shape index (κ1) is 16.9. The molecule has 1 aromatic heterocycles. The summed E-state index contributed by atoms with van der Waals surface area (Å²) in [7, 11) is 3.26. The van der Waals surface area contributed by atoms with Crippen LogP contribution in [-0.2, 0) is 0 Å². The molecular formula is C21H18N4O2. The number of ether oxygens (including phenoxy) is 2. The van der Waals surface area contributed by atoms with E-state index in [0.717, 1.165) is 28.2 Å². The van der Waals surface area contributed by atoms with Gasteiger partial charge in [0.2, 0.25) is 0 Å². The Morgan fingerprint density at radius 3 is 2.48 bits per heavy atom.